The molecule has 4 aromatic rings. The number of halogens is 4. The molecule has 0 amide bonds. The molecule has 220 valence electrons. The Bertz CT molecular complexity index is 1750. The highest BCUT2D eigenvalue weighted by Gasteiger charge is 2.36. The maximum Gasteiger partial charge on any atom is 0.270 e. The van der Waals surface area contributed by atoms with E-state index < -0.39 is 30.2 Å². The highest BCUT2D eigenvalue weighted by Crippen LogP contribution is 2.42. The molecule has 13 heteroatoms. The Morgan fingerprint density at radius 2 is 1.00 bits per heavy atom. The predicted octanol–water partition coefficient (Wildman–Crippen LogP) is 9.74. The van der Waals surface area contributed by atoms with Crippen LogP contribution >= 0.6 is 46.4 Å². The van der Waals surface area contributed by atoms with Crippen molar-refractivity contribution in [2.45, 2.75) is 10.5 Å². The molecule has 0 aromatic heterocycles. The van der Waals surface area contributed by atoms with Gasteiger partial charge in [0.1, 0.15) is 10.5 Å². The van der Waals surface area contributed by atoms with Gasteiger partial charge in [-0.3, -0.25) is 20.2 Å². The van der Waals surface area contributed by atoms with Crippen molar-refractivity contribution >= 4 is 79.8 Å². The molecule has 4 rings (SSSR count). The van der Waals surface area contributed by atoms with Gasteiger partial charge in [0.25, 0.3) is 11.4 Å². The average Bonchev–Trinajstić information content (AvgIpc) is 2.95. The van der Waals surface area contributed by atoms with E-state index in [2.05, 4.69) is 0 Å². The van der Waals surface area contributed by atoms with Gasteiger partial charge in [0, 0.05) is 44.4 Å². The molecule has 0 aliphatic heterocycles. The summed E-state index contributed by atoms with van der Waals surface area (Å²) >= 11 is 25.2. The van der Waals surface area contributed by atoms with Crippen LogP contribution in [-0.4, -0.2) is 18.3 Å². The molecule has 0 radical (unpaired) electrons. The van der Waals surface area contributed by atoms with Crippen LogP contribution in [0.2, 0.25) is 20.1 Å². The lowest BCUT2D eigenvalue weighted by atomic mass is 10.1. The summed E-state index contributed by atoms with van der Waals surface area (Å²) in [4.78, 5) is 21.5. The SMILES string of the molecule is O=[N+]([O-])c1cccc(C=CC(c2ccc(Cl)cc2Cl)S(=O)(=O)C(C=Cc2cccc([N+](=O)[O-])c2)c2ccc(Cl)cc2Cl)c1. The van der Waals surface area contributed by atoms with Crippen LogP contribution in [-0.2, 0) is 9.84 Å². The summed E-state index contributed by atoms with van der Waals surface area (Å²) in [5.41, 5.74) is 0.826. The molecule has 0 aliphatic rings. The molecular formula is C30H20Cl4N2O6S. The van der Waals surface area contributed by atoms with Gasteiger partial charge in [0.2, 0.25) is 0 Å². The average molecular weight is 678 g/mol. The predicted molar refractivity (Wildman–Crippen MR) is 172 cm³/mol. The van der Waals surface area contributed by atoms with Crippen molar-refractivity contribution in [3.05, 3.63) is 160 Å². The monoisotopic (exact) mass is 676 g/mol. The zero-order valence-corrected chi connectivity index (χ0v) is 25.7. The first kappa shape index (κ1) is 32.2. The minimum Gasteiger partial charge on any atom is -0.258 e. The van der Waals surface area contributed by atoms with Crippen LogP contribution in [0.1, 0.15) is 32.8 Å². The van der Waals surface area contributed by atoms with Gasteiger partial charge < -0.3 is 0 Å². The molecule has 0 saturated carbocycles. The summed E-state index contributed by atoms with van der Waals surface area (Å²) in [5.74, 6) is 0. The Labute approximate surface area is 267 Å². The van der Waals surface area contributed by atoms with E-state index >= 15 is 0 Å². The third kappa shape index (κ3) is 7.81. The lowest BCUT2D eigenvalue weighted by Gasteiger charge is -2.23. The number of hydrogen-bond acceptors (Lipinski definition) is 6. The van der Waals surface area contributed by atoms with Gasteiger partial charge >= 0.3 is 0 Å². The summed E-state index contributed by atoms with van der Waals surface area (Å²) in [7, 11) is -4.33. The highest BCUT2D eigenvalue weighted by atomic mass is 35.5. The summed E-state index contributed by atoms with van der Waals surface area (Å²) in [6.07, 6.45) is 5.65. The van der Waals surface area contributed by atoms with Crippen molar-refractivity contribution in [1.29, 1.82) is 0 Å². The zero-order valence-electron chi connectivity index (χ0n) is 21.8. The second-order valence-corrected chi connectivity index (χ2v) is 13.1. The van der Waals surface area contributed by atoms with Crippen LogP contribution in [0.3, 0.4) is 0 Å². The van der Waals surface area contributed by atoms with E-state index in [1.54, 1.807) is 12.1 Å². The molecule has 0 heterocycles. The van der Waals surface area contributed by atoms with Crippen molar-refractivity contribution in [1.82, 2.24) is 0 Å². The minimum atomic E-state index is -4.33. The summed E-state index contributed by atoms with van der Waals surface area (Å²) in [6.45, 7) is 0. The minimum absolute atomic E-state index is 0.0772. The third-order valence-corrected chi connectivity index (χ3v) is 9.70. The first-order chi connectivity index (χ1) is 20.4. The summed E-state index contributed by atoms with van der Waals surface area (Å²) in [5, 5.41) is 20.5. The summed E-state index contributed by atoms with van der Waals surface area (Å²) < 4.78 is 29.2. The van der Waals surface area contributed by atoms with E-state index in [0.29, 0.717) is 11.1 Å². The van der Waals surface area contributed by atoms with Gasteiger partial charge in [-0.1, -0.05) is 107 Å². The Balaban J connectivity index is 1.91. The van der Waals surface area contributed by atoms with Gasteiger partial charge in [-0.05, 0) is 46.5 Å². The molecule has 2 atom stereocenters. The second kappa shape index (κ2) is 13.7. The fourth-order valence-corrected chi connectivity index (χ4v) is 7.50. The molecule has 43 heavy (non-hydrogen) atoms. The van der Waals surface area contributed by atoms with Crippen LogP contribution in [0.15, 0.2) is 97.1 Å². The molecule has 0 fully saturated rings. The Hall–Kier alpha value is -3.73. The van der Waals surface area contributed by atoms with Crippen LogP contribution in [0.25, 0.3) is 12.2 Å². The molecule has 4 aromatic carbocycles. The van der Waals surface area contributed by atoms with Crippen LogP contribution in [0.4, 0.5) is 11.4 Å². The molecule has 0 aliphatic carbocycles. The van der Waals surface area contributed by atoms with Gasteiger partial charge in [-0.15, -0.1) is 0 Å². The molecule has 8 nitrogen and oxygen atoms in total. The van der Waals surface area contributed by atoms with Gasteiger partial charge in [-0.25, -0.2) is 8.42 Å². The number of nitrogens with zero attached hydrogens (tertiary/aromatic N) is 2. The van der Waals surface area contributed by atoms with E-state index in [4.69, 9.17) is 46.4 Å². The van der Waals surface area contributed by atoms with Crippen molar-refractivity contribution in [3.63, 3.8) is 0 Å². The van der Waals surface area contributed by atoms with E-state index in [0.717, 1.165) is 0 Å². The highest BCUT2D eigenvalue weighted by molar-refractivity contribution is 7.92. The molecule has 0 bridgehead atoms. The second-order valence-electron chi connectivity index (χ2n) is 9.18. The smallest absolute Gasteiger partial charge is 0.258 e. The van der Waals surface area contributed by atoms with E-state index in [9.17, 15) is 28.6 Å². The number of sulfone groups is 1. The fourth-order valence-electron chi connectivity index (χ4n) is 4.28. The number of benzene rings is 4. The maximum atomic E-state index is 14.6. The topological polar surface area (TPSA) is 120 Å². The molecular weight excluding hydrogens is 658 g/mol. The first-order valence-electron chi connectivity index (χ1n) is 12.3. The third-order valence-electron chi connectivity index (χ3n) is 6.33. The summed E-state index contributed by atoms with van der Waals surface area (Å²) in [6, 6.07) is 20.2. The number of nitro groups is 2. The Morgan fingerprint density at radius 3 is 1.35 bits per heavy atom. The van der Waals surface area contributed by atoms with Gasteiger partial charge in [-0.2, -0.15) is 0 Å². The fraction of sp³-hybridized carbons (Fsp3) is 0.0667. The van der Waals surface area contributed by atoms with E-state index in [1.807, 2.05) is 0 Å². The first-order valence-corrected chi connectivity index (χ1v) is 15.5. The van der Waals surface area contributed by atoms with Crippen LogP contribution in [0, 0.1) is 20.2 Å². The van der Waals surface area contributed by atoms with Crippen molar-refractivity contribution in [2.75, 3.05) is 0 Å². The van der Waals surface area contributed by atoms with Gasteiger partial charge in [0.05, 0.1) is 9.85 Å². The number of rotatable bonds is 10. The van der Waals surface area contributed by atoms with Crippen LogP contribution in [0.5, 0.6) is 0 Å². The Morgan fingerprint density at radius 1 is 0.605 bits per heavy atom. The number of hydrogen-bond donors (Lipinski definition) is 0. The quantitative estimate of drug-likeness (QED) is 0.122. The molecule has 0 N–H and O–H groups in total. The maximum absolute atomic E-state index is 14.6. The lowest BCUT2D eigenvalue weighted by molar-refractivity contribution is -0.385. The normalized spacial score (nSPS) is 13.3. The van der Waals surface area contributed by atoms with Crippen molar-refractivity contribution in [2.24, 2.45) is 0 Å². The molecule has 2 unspecified atom stereocenters. The molecule has 0 saturated heterocycles. The molecule has 0 spiro atoms. The zero-order chi connectivity index (χ0) is 31.3. The van der Waals surface area contributed by atoms with Crippen LogP contribution < -0.4 is 0 Å². The van der Waals surface area contributed by atoms with Gasteiger partial charge in [0.15, 0.2) is 9.84 Å². The van der Waals surface area contributed by atoms with Crippen molar-refractivity contribution in [3.8, 4) is 0 Å². The van der Waals surface area contributed by atoms with Crippen molar-refractivity contribution < 1.29 is 18.3 Å². The van der Waals surface area contributed by atoms with E-state index in [-0.39, 0.29) is 42.6 Å². The van der Waals surface area contributed by atoms with E-state index in [1.165, 1.54) is 97.1 Å². The standard InChI is InChI=1S/C30H20Cl4N2O6S/c31-21-9-11-25(27(33)17-21)29(13-7-19-3-1-5-23(15-19)35(37)38)43(41,42)30(26-12-10-22(32)18-28(26)34)14-8-20-4-2-6-24(16-20)36(39)40/h1-18,29-30H. The Kier molecular flexibility index (Phi) is 10.3. The number of non-ortho nitro benzene ring substituents is 2. The lowest BCUT2D eigenvalue weighted by Crippen LogP contribution is -2.19. The largest absolute Gasteiger partial charge is 0.270 e. The number of nitro benzene ring substituents is 2.